The lowest BCUT2D eigenvalue weighted by molar-refractivity contribution is 0.0560. The van der Waals surface area contributed by atoms with Crippen LogP contribution in [0.25, 0.3) is 0 Å². The summed E-state index contributed by atoms with van der Waals surface area (Å²) in [5, 5.41) is 7.29. The molecule has 0 bridgehead atoms. The molecule has 1 aliphatic rings. The predicted molar refractivity (Wildman–Crippen MR) is 91.8 cm³/mol. The second-order valence-electron chi connectivity index (χ2n) is 6.94. The number of piperazine rings is 1. The van der Waals surface area contributed by atoms with Gasteiger partial charge < -0.3 is 5.32 Å². The maximum absolute atomic E-state index is 4.67. The summed E-state index contributed by atoms with van der Waals surface area (Å²) in [6.07, 6.45) is 3.66. The van der Waals surface area contributed by atoms with Crippen molar-refractivity contribution in [2.45, 2.75) is 72.0 Å². The van der Waals surface area contributed by atoms with E-state index in [1.165, 1.54) is 24.3 Å². The van der Waals surface area contributed by atoms with E-state index in [0.29, 0.717) is 11.6 Å². The summed E-state index contributed by atoms with van der Waals surface area (Å²) < 4.78 is 0. The van der Waals surface area contributed by atoms with Crippen LogP contribution < -0.4 is 5.32 Å². The molecule has 1 unspecified atom stereocenters. The Labute approximate surface area is 134 Å². The molecule has 1 saturated heterocycles. The predicted octanol–water partition coefficient (Wildman–Crippen LogP) is 3.83. The molecule has 1 N–H and O–H groups in total. The van der Waals surface area contributed by atoms with Crippen molar-refractivity contribution in [2.24, 2.45) is 5.92 Å². The summed E-state index contributed by atoms with van der Waals surface area (Å²) in [7, 11) is 0. The van der Waals surface area contributed by atoms with Gasteiger partial charge in [0.05, 0.1) is 6.54 Å². The Morgan fingerprint density at radius 1 is 1.43 bits per heavy atom. The lowest BCUT2D eigenvalue weighted by Crippen LogP contribution is -2.63. The fraction of sp³-hybridized carbons (Fsp3) is 0.824. The molecule has 1 aromatic heterocycles. The van der Waals surface area contributed by atoms with E-state index in [-0.39, 0.29) is 0 Å². The van der Waals surface area contributed by atoms with Gasteiger partial charge in [-0.05, 0) is 32.1 Å². The van der Waals surface area contributed by atoms with Crippen molar-refractivity contribution in [3.8, 4) is 0 Å². The second-order valence-corrected chi connectivity index (χ2v) is 7.88. The number of hydrogen-bond donors (Lipinski definition) is 1. The summed E-state index contributed by atoms with van der Waals surface area (Å²) >= 11 is 1.81. The van der Waals surface area contributed by atoms with Gasteiger partial charge in [0.2, 0.25) is 0 Å². The van der Waals surface area contributed by atoms with E-state index in [1.54, 1.807) is 11.3 Å². The van der Waals surface area contributed by atoms with Crippen molar-refractivity contribution in [2.75, 3.05) is 13.1 Å². The fourth-order valence-corrected chi connectivity index (χ4v) is 4.17. The average Bonchev–Trinajstić information content (AvgIpc) is 2.86. The van der Waals surface area contributed by atoms with E-state index in [9.17, 15) is 0 Å². The Kier molecular flexibility index (Phi) is 5.81. The first kappa shape index (κ1) is 16.9. The Hall–Kier alpha value is -0.450. The zero-order valence-corrected chi connectivity index (χ0v) is 15.1. The fourth-order valence-electron chi connectivity index (χ4n) is 3.37. The highest BCUT2D eigenvalue weighted by Gasteiger charge is 2.37. The molecule has 0 spiro atoms. The molecule has 21 heavy (non-hydrogen) atoms. The summed E-state index contributed by atoms with van der Waals surface area (Å²) in [5.74, 6) is 0.744. The number of rotatable bonds is 6. The van der Waals surface area contributed by atoms with Crippen LogP contribution in [0, 0.1) is 12.8 Å². The van der Waals surface area contributed by atoms with Crippen LogP contribution in [0.4, 0.5) is 0 Å². The zero-order chi connectivity index (χ0) is 15.5. The molecule has 0 saturated carbocycles. The summed E-state index contributed by atoms with van der Waals surface area (Å²) in [4.78, 5) is 7.36. The molecule has 120 valence electrons. The van der Waals surface area contributed by atoms with Crippen LogP contribution in [-0.2, 0) is 6.54 Å². The smallest absolute Gasteiger partial charge is 0.107 e. The number of nitrogens with zero attached hydrogens (tertiary/aromatic N) is 2. The molecule has 0 radical (unpaired) electrons. The molecule has 1 fully saturated rings. The van der Waals surface area contributed by atoms with Gasteiger partial charge in [0.25, 0.3) is 0 Å². The third-order valence-corrected chi connectivity index (χ3v) is 5.79. The van der Waals surface area contributed by atoms with Gasteiger partial charge in [-0.2, -0.15) is 0 Å². The van der Waals surface area contributed by atoms with Gasteiger partial charge in [-0.25, -0.2) is 4.98 Å². The SMILES string of the molecule is CCC1(CC)CN(Cc2nc(C)cs2)C(CC(C)C)CN1. The van der Waals surface area contributed by atoms with Crippen LogP contribution in [0.2, 0.25) is 0 Å². The number of hydrogen-bond acceptors (Lipinski definition) is 4. The van der Waals surface area contributed by atoms with Gasteiger partial charge in [-0.3, -0.25) is 4.90 Å². The van der Waals surface area contributed by atoms with Crippen molar-refractivity contribution in [1.29, 1.82) is 0 Å². The van der Waals surface area contributed by atoms with Crippen molar-refractivity contribution in [1.82, 2.24) is 15.2 Å². The van der Waals surface area contributed by atoms with Crippen LogP contribution in [0.3, 0.4) is 0 Å². The monoisotopic (exact) mass is 309 g/mol. The Bertz CT molecular complexity index is 437. The third kappa shape index (κ3) is 4.27. The van der Waals surface area contributed by atoms with Crippen LogP contribution in [0.15, 0.2) is 5.38 Å². The minimum Gasteiger partial charge on any atom is -0.308 e. The lowest BCUT2D eigenvalue weighted by atomic mass is 9.87. The molecule has 1 aromatic rings. The van der Waals surface area contributed by atoms with E-state index >= 15 is 0 Å². The van der Waals surface area contributed by atoms with Crippen molar-refractivity contribution in [3.63, 3.8) is 0 Å². The molecule has 3 nitrogen and oxygen atoms in total. The van der Waals surface area contributed by atoms with E-state index in [2.05, 4.69) is 55.2 Å². The van der Waals surface area contributed by atoms with Crippen molar-refractivity contribution < 1.29 is 0 Å². The van der Waals surface area contributed by atoms with E-state index in [0.717, 1.165) is 31.2 Å². The molecule has 0 aromatic carbocycles. The molecular weight excluding hydrogens is 278 g/mol. The van der Waals surface area contributed by atoms with Gasteiger partial charge in [-0.15, -0.1) is 11.3 Å². The molecule has 2 heterocycles. The highest BCUT2D eigenvalue weighted by Crippen LogP contribution is 2.27. The van der Waals surface area contributed by atoms with E-state index in [1.807, 2.05) is 0 Å². The summed E-state index contributed by atoms with van der Waals surface area (Å²) in [6.45, 7) is 14.6. The van der Waals surface area contributed by atoms with Crippen LogP contribution in [-0.4, -0.2) is 34.6 Å². The highest BCUT2D eigenvalue weighted by molar-refractivity contribution is 7.09. The highest BCUT2D eigenvalue weighted by atomic mass is 32.1. The Balaban J connectivity index is 2.12. The number of nitrogens with one attached hydrogen (secondary N) is 1. The minimum atomic E-state index is 0.291. The molecule has 1 aliphatic heterocycles. The minimum absolute atomic E-state index is 0.291. The van der Waals surface area contributed by atoms with Crippen LogP contribution in [0.5, 0.6) is 0 Å². The van der Waals surface area contributed by atoms with Crippen molar-refractivity contribution in [3.05, 3.63) is 16.1 Å². The van der Waals surface area contributed by atoms with Gasteiger partial charge >= 0.3 is 0 Å². The Morgan fingerprint density at radius 2 is 2.14 bits per heavy atom. The first-order valence-electron chi connectivity index (χ1n) is 8.38. The van der Waals surface area contributed by atoms with Crippen molar-refractivity contribution >= 4 is 11.3 Å². The maximum atomic E-state index is 4.67. The standard InChI is InChI=1S/C17H31N3S/c1-6-17(7-2)12-20(10-16-19-14(5)11-21-16)15(9-18-17)8-13(3)4/h11,13,15,18H,6-10,12H2,1-5H3. The zero-order valence-electron chi connectivity index (χ0n) is 14.3. The number of aromatic nitrogens is 1. The molecule has 1 atom stereocenters. The number of aryl methyl sites for hydroxylation is 1. The van der Waals surface area contributed by atoms with E-state index in [4.69, 9.17) is 0 Å². The summed E-state index contributed by atoms with van der Waals surface area (Å²) in [6, 6.07) is 0.639. The van der Waals surface area contributed by atoms with Crippen LogP contribution in [0.1, 0.15) is 57.7 Å². The van der Waals surface area contributed by atoms with Crippen LogP contribution >= 0.6 is 11.3 Å². The summed E-state index contributed by atoms with van der Waals surface area (Å²) in [5.41, 5.74) is 1.45. The molecular formula is C17H31N3S. The average molecular weight is 310 g/mol. The Morgan fingerprint density at radius 3 is 2.67 bits per heavy atom. The largest absolute Gasteiger partial charge is 0.308 e. The molecule has 2 rings (SSSR count). The topological polar surface area (TPSA) is 28.2 Å². The second kappa shape index (κ2) is 7.21. The first-order chi connectivity index (χ1) is 9.98. The molecule has 0 amide bonds. The van der Waals surface area contributed by atoms with E-state index < -0.39 is 0 Å². The van der Waals surface area contributed by atoms with Gasteiger partial charge in [0.1, 0.15) is 5.01 Å². The first-order valence-corrected chi connectivity index (χ1v) is 9.26. The lowest BCUT2D eigenvalue weighted by Gasteiger charge is -2.48. The molecule has 4 heteroatoms. The van der Waals surface area contributed by atoms with Gasteiger partial charge in [0.15, 0.2) is 0 Å². The number of thiazole rings is 1. The third-order valence-electron chi connectivity index (χ3n) is 4.84. The quantitative estimate of drug-likeness (QED) is 0.865. The maximum Gasteiger partial charge on any atom is 0.107 e. The molecule has 0 aliphatic carbocycles. The van der Waals surface area contributed by atoms with Gasteiger partial charge in [0, 0.05) is 35.7 Å². The normalized spacial score (nSPS) is 22.9. The van der Waals surface area contributed by atoms with Gasteiger partial charge in [-0.1, -0.05) is 27.7 Å².